The van der Waals surface area contributed by atoms with E-state index in [4.69, 9.17) is 22.8 Å². The molecule has 1 N–H and O–H groups in total. The zero-order chi connectivity index (χ0) is 61.1. The zero-order valence-electron chi connectivity index (χ0n) is 55.8. The molecule has 0 aliphatic carbocycles. The zero-order valence-corrected chi connectivity index (χ0v) is 39.8. The van der Waals surface area contributed by atoms with Crippen LogP contribution in [0.1, 0.15) is 146 Å². The van der Waals surface area contributed by atoms with Crippen LogP contribution >= 0.6 is 0 Å². The van der Waals surface area contributed by atoms with Crippen LogP contribution in [0, 0.1) is 5.92 Å². The van der Waals surface area contributed by atoms with Gasteiger partial charge in [-0.1, -0.05) is 182 Å². The number of hydrogen-bond donors (Lipinski definition) is 1. The summed E-state index contributed by atoms with van der Waals surface area (Å²) in [5, 5.41) is 12.6. The highest BCUT2D eigenvalue weighted by Crippen LogP contribution is 2.45. The van der Waals surface area contributed by atoms with Gasteiger partial charge in [0.25, 0.3) is 0 Å². The van der Waals surface area contributed by atoms with Crippen LogP contribution in [0.4, 0.5) is 0 Å². The predicted molar refractivity (Wildman–Crippen MR) is 281 cm³/mol. The molecular formula is C62H69N3O. The SMILES string of the molecule is [2H]c1nc(-c2cc(-c3cccc4c3nc(-c3cc(C(C)(C)C)cc(C(C)(C)C)c3O)n4-c3ccc(-c4ccccc4)c(CC(C)C)c3)cc(C(C)(C)C)c2)c([2H])c(-c2c([2H])c([2H])c(C(C([2H])([2H])[2H])(C([2H])([2H])[2H])C([2H])([2H])[2H])c([2H])c2[2H])c1[2H]. The largest absolute Gasteiger partial charge is 0.507 e. The molecule has 0 saturated heterocycles. The first-order valence-corrected chi connectivity index (χ1v) is 22.5. The lowest BCUT2D eigenvalue weighted by molar-refractivity contribution is 0.446. The normalized spacial score (nSPS) is 16.7. The molecular weight excluding hydrogens is 803 g/mol. The van der Waals surface area contributed by atoms with Crippen molar-refractivity contribution in [1.29, 1.82) is 0 Å². The van der Waals surface area contributed by atoms with Crippen molar-refractivity contribution in [3.8, 4) is 67.5 Å². The number of imidazole rings is 1. The lowest BCUT2D eigenvalue weighted by Gasteiger charge is -2.27. The Morgan fingerprint density at radius 2 is 1.27 bits per heavy atom. The molecule has 0 amide bonds. The number of aromatic hydroxyl groups is 1. The highest BCUT2D eigenvalue weighted by molar-refractivity contribution is 5.97. The minimum absolute atomic E-state index is 0.0929. The van der Waals surface area contributed by atoms with Crippen molar-refractivity contribution in [3.05, 3.63) is 167 Å². The molecule has 6 aromatic carbocycles. The van der Waals surface area contributed by atoms with Gasteiger partial charge in [0.2, 0.25) is 0 Å². The summed E-state index contributed by atoms with van der Waals surface area (Å²) in [5.41, 5.74) is 1.66. The smallest absolute Gasteiger partial charge is 0.149 e. The van der Waals surface area contributed by atoms with Gasteiger partial charge < -0.3 is 5.11 Å². The number of phenols is 1. The molecule has 4 heteroatoms. The van der Waals surface area contributed by atoms with E-state index in [1.165, 1.54) is 0 Å². The summed E-state index contributed by atoms with van der Waals surface area (Å²) < 4.78 is 141. The summed E-state index contributed by atoms with van der Waals surface area (Å²) in [6, 6.07) is 25.8. The van der Waals surface area contributed by atoms with E-state index in [0.29, 0.717) is 39.5 Å². The van der Waals surface area contributed by atoms with Crippen molar-refractivity contribution < 1.29 is 27.0 Å². The molecule has 8 aromatic rings. The monoisotopic (exact) mass is 888 g/mol. The van der Waals surface area contributed by atoms with Gasteiger partial charge >= 0.3 is 0 Å². The van der Waals surface area contributed by atoms with Crippen LogP contribution in [0.5, 0.6) is 5.75 Å². The van der Waals surface area contributed by atoms with Crippen molar-refractivity contribution >= 4 is 11.0 Å². The second-order valence-electron chi connectivity index (χ2n) is 20.9. The van der Waals surface area contributed by atoms with Crippen molar-refractivity contribution in [1.82, 2.24) is 14.5 Å². The Morgan fingerprint density at radius 3 is 1.92 bits per heavy atom. The standard InChI is InChI=1S/C62H69N3O/c1-39(2)31-43-35-49(27-28-50(43)41-19-16-15-17-20-41)65-55-22-18-21-51(56(55)64-58(65)52-37-48(61(9,10)11)38-53(57(52)66)62(12,13)14)44-32-45(34-47(33-44)60(6,7)8)54-36-42(29-30-63-54)40-23-25-46(26-24-40)59(3,4)5/h15-30,32-39,66H,31H2,1-14H3/i3D3,4D3,5D3,23D,24D,25D,26D,29D,30D,36D. The fourth-order valence-corrected chi connectivity index (χ4v) is 8.37. The van der Waals surface area contributed by atoms with Gasteiger partial charge in [-0.3, -0.25) is 9.55 Å². The molecule has 0 saturated carbocycles. The third-order valence-electron chi connectivity index (χ3n) is 12.0. The molecule has 0 bridgehead atoms. The van der Waals surface area contributed by atoms with Crippen LogP contribution in [0.2, 0.25) is 0 Å². The molecule has 0 aliphatic heterocycles. The lowest BCUT2D eigenvalue weighted by Crippen LogP contribution is -2.17. The third kappa shape index (κ3) is 9.38. The lowest BCUT2D eigenvalue weighted by atomic mass is 9.79. The molecule has 0 atom stereocenters. The number of fused-ring (bicyclic) bond motifs is 1. The minimum atomic E-state index is -3.92. The molecule has 4 nitrogen and oxygen atoms in total. The van der Waals surface area contributed by atoms with E-state index in [1.807, 2.05) is 69.3 Å². The highest BCUT2D eigenvalue weighted by atomic mass is 16.3. The average molecular weight is 888 g/mol. The minimum Gasteiger partial charge on any atom is -0.507 e. The van der Waals surface area contributed by atoms with E-state index < -0.39 is 95.9 Å². The Morgan fingerprint density at radius 1 is 0.591 bits per heavy atom. The topological polar surface area (TPSA) is 50.9 Å². The maximum atomic E-state index is 12.6. The molecule has 2 heterocycles. The number of hydrogen-bond acceptors (Lipinski definition) is 3. The van der Waals surface area contributed by atoms with Crippen molar-refractivity contribution in [3.63, 3.8) is 0 Å². The second-order valence-corrected chi connectivity index (χ2v) is 20.9. The maximum absolute atomic E-state index is 12.6. The Balaban J connectivity index is 1.45. The van der Waals surface area contributed by atoms with Crippen molar-refractivity contribution in [2.45, 2.75) is 125 Å². The predicted octanol–water partition coefficient (Wildman–Crippen LogP) is 16.8. The van der Waals surface area contributed by atoms with Crippen LogP contribution in [-0.4, -0.2) is 19.6 Å². The number of nitrogens with zero attached hydrogens (tertiary/aromatic N) is 3. The molecule has 0 aliphatic rings. The fraction of sp³-hybridized carbons (Fsp3) is 0.323. The molecule has 8 rings (SSSR count). The number of para-hydroxylation sites is 1. The number of rotatable bonds is 8. The first kappa shape index (κ1) is 30.1. The van der Waals surface area contributed by atoms with Crippen LogP contribution in [0.15, 0.2) is 139 Å². The number of pyridine rings is 1. The van der Waals surface area contributed by atoms with Gasteiger partial charge in [0, 0.05) is 40.9 Å². The summed E-state index contributed by atoms with van der Waals surface area (Å²) in [4.78, 5) is 9.96. The molecule has 66 heavy (non-hydrogen) atoms. The second kappa shape index (κ2) is 17.2. The molecule has 2 aromatic heterocycles. The van der Waals surface area contributed by atoms with Crippen LogP contribution < -0.4 is 0 Å². The quantitative estimate of drug-likeness (QED) is 0.165. The van der Waals surface area contributed by atoms with Crippen LogP contribution in [-0.2, 0) is 28.1 Å². The number of aromatic nitrogens is 3. The Labute approximate surface area is 417 Å². The van der Waals surface area contributed by atoms with E-state index in [1.54, 1.807) is 12.1 Å². The van der Waals surface area contributed by atoms with Gasteiger partial charge in [-0.2, -0.15) is 0 Å². The van der Waals surface area contributed by atoms with Gasteiger partial charge in [0.15, 0.2) is 0 Å². The maximum Gasteiger partial charge on any atom is 0.149 e. The summed E-state index contributed by atoms with van der Waals surface area (Å²) >= 11 is 0. The molecule has 338 valence electrons. The van der Waals surface area contributed by atoms with Gasteiger partial charge in [0.05, 0.1) is 31.9 Å². The molecule has 0 unspecified atom stereocenters. The van der Waals surface area contributed by atoms with Gasteiger partial charge in [0.1, 0.15) is 11.6 Å². The van der Waals surface area contributed by atoms with Gasteiger partial charge in [-0.05, 0) is 133 Å². The van der Waals surface area contributed by atoms with E-state index in [9.17, 15) is 9.22 Å². The van der Waals surface area contributed by atoms with E-state index >= 15 is 0 Å². The molecule has 0 spiro atoms. The van der Waals surface area contributed by atoms with Gasteiger partial charge in [-0.25, -0.2) is 4.98 Å². The Hall–Kier alpha value is -6.26. The number of phenolic OH excluding ortho intramolecular Hbond substituents is 1. The van der Waals surface area contributed by atoms with Crippen molar-refractivity contribution in [2.24, 2.45) is 5.92 Å². The third-order valence-corrected chi connectivity index (χ3v) is 12.0. The summed E-state index contributed by atoms with van der Waals surface area (Å²) in [5.74, 6) is 0.883. The Kier molecular flexibility index (Phi) is 7.84. The highest BCUT2D eigenvalue weighted by Gasteiger charge is 2.29. The summed E-state index contributed by atoms with van der Waals surface area (Å²) in [7, 11) is 0. The first-order chi connectivity index (χ1) is 37.6. The van der Waals surface area contributed by atoms with E-state index in [2.05, 4.69) is 101 Å². The van der Waals surface area contributed by atoms with Crippen LogP contribution in [0.3, 0.4) is 0 Å². The summed E-state index contributed by atoms with van der Waals surface area (Å²) in [6.45, 7) is 11.1. The fourth-order valence-electron chi connectivity index (χ4n) is 8.37. The first-order valence-electron chi connectivity index (χ1n) is 30.5. The Bertz CT molecular complexity index is 3750. The van der Waals surface area contributed by atoms with Gasteiger partial charge in [-0.15, -0.1) is 0 Å². The van der Waals surface area contributed by atoms with E-state index in [-0.39, 0.29) is 22.4 Å². The molecule has 0 fully saturated rings. The average Bonchev–Trinajstić information content (AvgIpc) is 0.842. The summed E-state index contributed by atoms with van der Waals surface area (Å²) in [6.07, 6.45) is 0.0489. The van der Waals surface area contributed by atoms with Crippen LogP contribution in [0.25, 0.3) is 72.7 Å². The molecule has 0 radical (unpaired) electrons. The number of benzene rings is 6. The van der Waals surface area contributed by atoms with Crippen molar-refractivity contribution in [2.75, 3.05) is 0 Å². The van der Waals surface area contributed by atoms with E-state index in [0.717, 1.165) is 45.5 Å².